The third kappa shape index (κ3) is 3.07. The van der Waals surface area contributed by atoms with E-state index >= 15 is 0 Å². The van der Waals surface area contributed by atoms with Crippen LogP contribution < -0.4 is 16.0 Å². The number of hydrogen-bond acceptors (Lipinski definition) is 6. The van der Waals surface area contributed by atoms with E-state index in [0.717, 1.165) is 29.5 Å². The average Bonchev–Trinajstić information content (AvgIpc) is 3.17. The maximum atomic E-state index is 12.9. The van der Waals surface area contributed by atoms with Crippen LogP contribution in [0, 0.1) is 11.8 Å². The van der Waals surface area contributed by atoms with Crippen LogP contribution in [0.2, 0.25) is 0 Å². The highest BCUT2D eigenvalue weighted by Gasteiger charge is 2.45. The average molecular weight is 396 g/mol. The third-order valence-electron chi connectivity index (χ3n) is 6.80. The maximum Gasteiger partial charge on any atom is 0.262 e. The van der Waals surface area contributed by atoms with Gasteiger partial charge in [-0.25, -0.2) is 0 Å². The maximum absolute atomic E-state index is 12.9. The molecule has 0 spiro atoms. The minimum Gasteiger partial charge on any atom is -0.314 e. The summed E-state index contributed by atoms with van der Waals surface area (Å²) in [6.45, 7) is 2.71. The molecule has 29 heavy (non-hydrogen) atoms. The zero-order valence-electron chi connectivity index (χ0n) is 16.1. The van der Waals surface area contributed by atoms with Gasteiger partial charge in [0.05, 0.1) is 11.1 Å². The fourth-order valence-electron chi connectivity index (χ4n) is 5.18. The third-order valence-corrected chi connectivity index (χ3v) is 6.80. The lowest BCUT2D eigenvalue weighted by molar-refractivity contribution is -0.136. The van der Waals surface area contributed by atoms with E-state index in [2.05, 4.69) is 16.0 Å². The van der Waals surface area contributed by atoms with Gasteiger partial charge in [0.1, 0.15) is 6.04 Å². The molecular weight excluding hydrogens is 372 g/mol. The molecule has 3 heterocycles. The van der Waals surface area contributed by atoms with Gasteiger partial charge in [0.25, 0.3) is 11.8 Å². The van der Waals surface area contributed by atoms with Crippen LogP contribution in [0.3, 0.4) is 0 Å². The van der Waals surface area contributed by atoms with Crippen LogP contribution >= 0.6 is 0 Å². The molecule has 8 nitrogen and oxygen atoms in total. The van der Waals surface area contributed by atoms with Crippen LogP contribution in [0.5, 0.6) is 0 Å². The van der Waals surface area contributed by atoms with Crippen molar-refractivity contribution in [1.29, 1.82) is 0 Å². The molecular formula is C21H24N4O4. The van der Waals surface area contributed by atoms with Crippen molar-refractivity contribution in [1.82, 2.24) is 20.9 Å². The number of carbonyl (C=O) groups excluding carboxylic acids is 4. The van der Waals surface area contributed by atoms with E-state index in [1.165, 1.54) is 12.8 Å². The van der Waals surface area contributed by atoms with Gasteiger partial charge in [-0.15, -0.1) is 0 Å². The van der Waals surface area contributed by atoms with E-state index in [1.807, 2.05) is 6.07 Å². The first-order chi connectivity index (χ1) is 14.0. The van der Waals surface area contributed by atoms with Crippen LogP contribution in [-0.2, 0) is 16.1 Å². The molecule has 5 rings (SSSR count). The van der Waals surface area contributed by atoms with Crippen molar-refractivity contribution in [2.75, 3.05) is 13.1 Å². The quantitative estimate of drug-likeness (QED) is 0.613. The van der Waals surface area contributed by atoms with Crippen LogP contribution in [0.4, 0.5) is 0 Å². The number of piperidine rings is 1. The molecule has 0 aromatic heterocycles. The number of fused-ring (bicyclic) bond motifs is 2. The number of hydrogen-bond donors (Lipinski definition) is 3. The van der Waals surface area contributed by atoms with Crippen molar-refractivity contribution < 1.29 is 19.2 Å². The highest BCUT2D eigenvalue weighted by Crippen LogP contribution is 2.40. The summed E-state index contributed by atoms with van der Waals surface area (Å²) >= 11 is 0. The minimum atomic E-state index is -0.923. The summed E-state index contributed by atoms with van der Waals surface area (Å²) < 4.78 is 0. The number of benzene rings is 1. The van der Waals surface area contributed by atoms with Gasteiger partial charge >= 0.3 is 0 Å². The SMILES string of the molecule is O=C1CCC(N2C(=O)c3ccc(CNCC4CC5NCCC45)cc3C2=O)C(=O)N1. The summed E-state index contributed by atoms with van der Waals surface area (Å²) in [6, 6.07) is 5.04. The second kappa shape index (κ2) is 7.03. The van der Waals surface area contributed by atoms with Gasteiger partial charge in [0, 0.05) is 19.0 Å². The van der Waals surface area contributed by atoms with E-state index in [9.17, 15) is 19.2 Å². The Morgan fingerprint density at radius 2 is 1.90 bits per heavy atom. The van der Waals surface area contributed by atoms with E-state index < -0.39 is 23.8 Å². The van der Waals surface area contributed by atoms with E-state index in [-0.39, 0.29) is 18.7 Å². The molecule has 4 aliphatic rings. The summed E-state index contributed by atoms with van der Waals surface area (Å²) in [4.78, 5) is 50.1. The zero-order valence-corrected chi connectivity index (χ0v) is 16.1. The van der Waals surface area contributed by atoms with Gasteiger partial charge in [0.2, 0.25) is 11.8 Å². The van der Waals surface area contributed by atoms with Crippen LogP contribution in [0.25, 0.3) is 0 Å². The predicted molar refractivity (Wildman–Crippen MR) is 103 cm³/mol. The smallest absolute Gasteiger partial charge is 0.262 e. The van der Waals surface area contributed by atoms with E-state index in [4.69, 9.17) is 0 Å². The van der Waals surface area contributed by atoms with E-state index in [1.54, 1.807) is 12.1 Å². The number of imide groups is 2. The first-order valence-corrected chi connectivity index (χ1v) is 10.3. The topological polar surface area (TPSA) is 108 Å². The monoisotopic (exact) mass is 396 g/mol. The molecule has 1 aromatic rings. The molecule has 4 atom stereocenters. The van der Waals surface area contributed by atoms with Crippen LogP contribution in [0.15, 0.2) is 18.2 Å². The second-order valence-corrected chi connectivity index (χ2v) is 8.47. The predicted octanol–water partition coefficient (Wildman–Crippen LogP) is 0.175. The molecule has 8 heteroatoms. The summed E-state index contributed by atoms with van der Waals surface area (Å²) in [5.74, 6) is -0.395. The molecule has 3 fully saturated rings. The molecule has 3 aliphatic heterocycles. The fourth-order valence-corrected chi connectivity index (χ4v) is 5.18. The van der Waals surface area contributed by atoms with Gasteiger partial charge in [-0.3, -0.25) is 29.4 Å². The first-order valence-electron chi connectivity index (χ1n) is 10.3. The lowest BCUT2D eigenvalue weighted by Crippen LogP contribution is -2.54. The Hall–Kier alpha value is -2.58. The molecule has 4 unspecified atom stereocenters. The van der Waals surface area contributed by atoms with E-state index in [0.29, 0.717) is 29.6 Å². The lowest BCUT2D eigenvalue weighted by atomic mass is 9.70. The molecule has 1 aliphatic carbocycles. The molecule has 3 N–H and O–H groups in total. The van der Waals surface area contributed by atoms with Gasteiger partial charge in [-0.1, -0.05) is 6.07 Å². The normalized spacial score (nSPS) is 30.8. The Morgan fingerprint density at radius 3 is 2.69 bits per heavy atom. The highest BCUT2D eigenvalue weighted by molar-refractivity contribution is 6.23. The summed E-state index contributed by atoms with van der Waals surface area (Å²) in [7, 11) is 0. The van der Waals surface area contributed by atoms with Crippen molar-refractivity contribution >= 4 is 23.6 Å². The summed E-state index contributed by atoms with van der Waals surface area (Å²) in [5, 5.41) is 9.21. The summed E-state index contributed by atoms with van der Waals surface area (Å²) in [6.07, 6.45) is 2.76. The number of carbonyl (C=O) groups is 4. The second-order valence-electron chi connectivity index (χ2n) is 8.47. The minimum absolute atomic E-state index is 0.123. The Bertz CT molecular complexity index is 914. The van der Waals surface area contributed by atoms with Crippen molar-refractivity contribution in [3.63, 3.8) is 0 Å². The standard InChI is InChI=1S/C21H24N4O4/c26-18-4-3-17(19(27)24-18)25-20(28)14-2-1-11(7-15(14)21(25)29)9-22-10-12-8-16-13(12)5-6-23-16/h1-2,7,12-13,16-17,22-23H,3-6,8-10H2,(H,24,26,27). The molecule has 4 amide bonds. The lowest BCUT2D eigenvalue weighted by Gasteiger charge is -2.40. The molecule has 0 radical (unpaired) electrons. The number of amides is 4. The van der Waals surface area contributed by atoms with Crippen molar-refractivity contribution in [3.05, 3.63) is 34.9 Å². The molecule has 2 saturated heterocycles. The van der Waals surface area contributed by atoms with Gasteiger partial charge in [-0.05, 0) is 61.9 Å². The highest BCUT2D eigenvalue weighted by atomic mass is 16.2. The number of nitrogens with zero attached hydrogens (tertiary/aromatic N) is 1. The molecule has 1 aromatic carbocycles. The Morgan fingerprint density at radius 1 is 1.07 bits per heavy atom. The number of nitrogens with one attached hydrogen (secondary N) is 3. The number of rotatable bonds is 5. The summed E-state index contributed by atoms with van der Waals surface area (Å²) in [5.41, 5.74) is 1.60. The van der Waals surface area contributed by atoms with Gasteiger partial charge < -0.3 is 10.6 Å². The van der Waals surface area contributed by atoms with Crippen molar-refractivity contribution in [3.8, 4) is 0 Å². The van der Waals surface area contributed by atoms with Crippen molar-refractivity contribution in [2.24, 2.45) is 11.8 Å². The van der Waals surface area contributed by atoms with Gasteiger partial charge in [0.15, 0.2) is 0 Å². The van der Waals surface area contributed by atoms with Crippen molar-refractivity contribution in [2.45, 2.75) is 44.3 Å². The Kier molecular flexibility index (Phi) is 4.48. The zero-order chi connectivity index (χ0) is 20.1. The van der Waals surface area contributed by atoms with Crippen LogP contribution in [0.1, 0.15) is 52.0 Å². The Balaban J connectivity index is 1.24. The molecule has 0 bridgehead atoms. The molecule has 1 saturated carbocycles. The largest absolute Gasteiger partial charge is 0.314 e. The van der Waals surface area contributed by atoms with Crippen LogP contribution in [-0.4, -0.2) is 53.7 Å². The first kappa shape index (κ1) is 18.4. The molecule has 152 valence electrons. The Labute approximate surface area is 168 Å². The fraction of sp³-hybridized carbons (Fsp3) is 0.524. The van der Waals surface area contributed by atoms with Gasteiger partial charge in [-0.2, -0.15) is 0 Å².